The van der Waals surface area contributed by atoms with E-state index in [1.807, 2.05) is 6.92 Å². The number of hydrogen-bond donors (Lipinski definition) is 2. The smallest absolute Gasteiger partial charge is 0.267 e. The number of carbonyl (C=O) groups excluding carboxylic acids is 2. The predicted molar refractivity (Wildman–Crippen MR) is 94.2 cm³/mol. The summed E-state index contributed by atoms with van der Waals surface area (Å²) in [6.45, 7) is 1.92. The highest BCUT2D eigenvalue weighted by atomic mass is 79.9. The zero-order valence-electron chi connectivity index (χ0n) is 12.9. The van der Waals surface area contributed by atoms with Crippen molar-refractivity contribution in [1.29, 1.82) is 0 Å². The molecule has 25 heavy (non-hydrogen) atoms. The molecule has 9 nitrogen and oxygen atoms in total. The number of nitro benzene ring substituents is 1. The Hall–Kier alpha value is -2.53. The Balaban J connectivity index is 2.11. The molecule has 0 radical (unpaired) electrons. The first-order valence-electron chi connectivity index (χ1n) is 6.93. The van der Waals surface area contributed by atoms with Gasteiger partial charge in [0.15, 0.2) is 5.16 Å². The first kappa shape index (κ1) is 18.8. The number of rotatable bonds is 5. The van der Waals surface area contributed by atoms with Gasteiger partial charge in [-0.3, -0.25) is 30.6 Å². The molecule has 0 atom stereocenters. The molecule has 0 bridgehead atoms. The quantitative estimate of drug-likeness (QED) is 0.325. The average molecular weight is 426 g/mol. The molecule has 0 fully saturated rings. The van der Waals surface area contributed by atoms with Crippen LogP contribution in [0.1, 0.15) is 27.8 Å². The summed E-state index contributed by atoms with van der Waals surface area (Å²) < 4.78 is 0.352. The van der Waals surface area contributed by atoms with Crippen LogP contribution in [0, 0.1) is 10.1 Å². The second-order valence-corrected chi connectivity index (χ2v) is 6.55. The van der Waals surface area contributed by atoms with Crippen LogP contribution >= 0.6 is 27.7 Å². The molecule has 0 aliphatic carbocycles. The fraction of sp³-hybridized carbons (Fsp3) is 0.143. The van der Waals surface area contributed by atoms with Crippen molar-refractivity contribution in [3.63, 3.8) is 0 Å². The predicted octanol–water partition coefficient (Wildman–Crippen LogP) is 2.33. The Morgan fingerprint density at radius 2 is 1.96 bits per heavy atom. The van der Waals surface area contributed by atoms with Gasteiger partial charge in [0.05, 0.1) is 9.40 Å². The van der Waals surface area contributed by atoms with Crippen molar-refractivity contribution in [3.8, 4) is 0 Å². The van der Waals surface area contributed by atoms with Gasteiger partial charge in [-0.25, -0.2) is 9.97 Å². The van der Waals surface area contributed by atoms with Crippen LogP contribution in [0.15, 0.2) is 40.1 Å². The molecule has 130 valence electrons. The van der Waals surface area contributed by atoms with Gasteiger partial charge in [0.25, 0.3) is 17.5 Å². The normalized spacial score (nSPS) is 10.2. The van der Waals surface area contributed by atoms with Crippen molar-refractivity contribution in [3.05, 3.63) is 56.3 Å². The molecule has 2 rings (SSSR count). The van der Waals surface area contributed by atoms with Crippen molar-refractivity contribution in [1.82, 2.24) is 20.8 Å². The Morgan fingerprint density at radius 1 is 1.28 bits per heavy atom. The van der Waals surface area contributed by atoms with E-state index >= 15 is 0 Å². The molecule has 11 heteroatoms. The summed E-state index contributed by atoms with van der Waals surface area (Å²) in [5, 5.41) is 11.4. The van der Waals surface area contributed by atoms with E-state index in [-0.39, 0.29) is 16.9 Å². The number of thioether (sulfide) groups is 1. The van der Waals surface area contributed by atoms with Crippen LogP contribution in [0.25, 0.3) is 0 Å². The van der Waals surface area contributed by atoms with E-state index in [2.05, 4.69) is 36.7 Å². The largest absolute Gasteiger partial charge is 0.289 e. The number of hydrogen-bond acceptors (Lipinski definition) is 7. The summed E-state index contributed by atoms with van der Waals surface area (Å²) in [7, 11) is 0. The minimum Gasteiger partial charge on any atom is -0.267 e. The molecular formula is C14H12BrN5O4S. The molecule has 1 aromatic carbocycles. The van der Waals surface area contributed by atoms with Gasteiger partial charge in [-0.15, -0.1) is 0 Å². The van der Waals surface area contributed by atoms with E-state index in [1.54, 1.807) is 0 Å². The van der Waals surface area contributed by atoms with E-state index in [4.69, 9.17) is 0 Å². The molecule has 0 saturated heterocycles. The SMILES string of the molecule is CCSc1ncc(Br)c(C(=O)NNC(=O)c2ccccc2[N+](=O)[O-])n1. The van der Waals surface area contributed by atoms with Gasteiger partial charge in [0, 0.05) is 12.3 Å². The van der Waals surface area contributed by atoms with Gasteiger partial charge < -0.3 is 0 Å². The maximum Gasteiger partial charge on any atom is 0.289 e. The molecule has 0 aliphatic rings. The lowest BCUT2D eigenvalue weighted by Crippen LogP contribution is -2.42. The monoisotopic (exact) mass is 425 g/mol. The molecule has 0 unspecified atom stereocenters. The lowest BCUT2D eigenvalue weighted by Gasteiger charge is -2.09. The first-order valence-corrected chi connectivity index (χ1v) is 8.71. The Labute approximate surface area is 154 Å². The summed E-state index contributed by atoms with van der Waals surface area (Å²) in [4.78, 5) is 42.7. The van der Waals surface area contributed by atoms with Gasteiger partial charge in [-0.1, -0.05) is 30.8 Å². The standard InChI is InChI=1S/C14H12BrN5O4S/c1-2-25-14-16-7-9(15)11(17-14)13(22)19-18-12(21)8-5-3-4-6-10(8)20(23)24/h3-7H,2H2,1H3,(H,18,21)(H,19,22). The lowest BCUT2D eigenvalue weighted by atomic mass is 10.2. The third-order valence-corrected chi connectivity index (χ3v) is 4.17. The van der Waals surface area contributed by atoms with Gasteiger partial charge in [-0.2, -0.15) is 0 Å². The molecule has 0 spiro atoms. The van der Waals surface area contributed by atoms with Crippen LogP contribution in [-0.4, -0.2) is 32.5 Å². The molecule has 2 amide bonds. The van der Waals surface area contributed by atoms with E-state index in [0.29, 0.717) is 9.63 Å². The maximum absolute atomic E-state index is 12.2. The zero-order chi connectivity index (χ0) is 18.4. The van der Waals surface area contributed by atoms with Crippen molar-refractivity contribution in [2.24, 2.45) is 0 Å². The number of amides is 2. The minimum atomic E-state index is -0.811. The summed E-state index contributed by atoms with van der Waals surface area (Å²) in [6, 6.07) is 5.42. The molecular weight excluding hydrogens is 414 g/mol. The van der Waals surface area contributed by atoms with E-state index in [0.717, 1.165) is 5.75 Å². The van der Waals surface area contributed by atoms with Gasteiger partial charge in [-0.05, 0) is 27.7 Å². The van der Waals surface area contributed by atoms with Gasteiger partial charge in [0.2, 0.25) is 0 Å². The third kappa shape index (κ3) is 4.73. The van der Waals surface area contributed by atoms with Crippen molar-refractivity contribution in [2.45, 2.75) is 12.1 Å². The number of aromatic nitrogens is 2. The minimum absolute atomic E-state index is 0.0359. The van der Waals surface area contributed by atoms with Crippen LogP contribution < -0.4 is 10.9 Å². The molecule has 0 aliphatic heterocycles. The van der Waals surface area contributed by atoms with Crippen molar-refractivity contribution >= 4 is 45.2 Å². The number of benzene rings is 1. The fourth-order valence-corrected chi connectivity index (χ4v) is 2.69. The Kier molecular flexibility index (Phi) is 6.42. The average Bonchev–Trinajstić information content (AvgIpc) is 2.61. The zero-order valence-corrected chi connectivity index (χ0v) is 15.3. The fourth-order valence-electron chi connectivity index (χ4n) is 1.77. The highest BCUT2D eigenvalue weighted by Gasteiger charge is 2.20. The number of carbonyl (C=O) groups is 2. The molecule has 2 N–H and O–H groups in total. The summed E-state index contributed by atoms with van der Waals surface area (Å²) >= 11 is 4.52. The second-order valence-electron chi connectivity index (χ2n) is 4.46. The van der Waals surface area contributed by atoms with Crippen molar-refractivity contribution < 1.29 is 14.5 Å². The highest BCUT2D eigenvalue weighted by molar-refractivity contribution is 9.10. The summed E-state index contributed by atoms with van der Waals surface area (Å²) in [6.07, 6.45) is 1.43. The topological polar surface area (TPSA) is 127 Å². The summed E-state index contributed by atoms with van der Waals surface area (Å²) in [5.74, 6) is -0.759. The van der Waals surface area contributed by atoms with Crippen LogP contribution in [0.3, 0.4) is 0 Å². The lowest BCUT2D eigenvalue weighted by molar-refractivity contribution is -0.385. The second kappa shape index (κ2) is 8.53. The molecule has 1 aromatic heterocycles. The molecule has 1 heterocycles. The first-order chi connectivity index (χ1) is 11.9. The van der Waals surface area contributed by atoms with Crippen LogP contribution in [-0.2, 0) is 0 Å². The third-order valence-electron chi connectivity index (χ3n) is 2.85. The number of hydrazine groups is 1. The van der Waals surface area contributed by atoms with Crippen LogP contribution in [0.4, 0.5) is 5.69 Å². The summed E-state index contributed by atoms with van der Waals surface area (Å²) in [5.41, 5.74) is 3.83. The number of halogens is 1. The Bertz CT molecular complexity index is 833. The van der Waals surface area contributed by atoms with Crippen LogP contribution in [0.2, 0.25) is 0 Å². The van der Waals surface area contributed by atoms with Crippen LogP contribution in [0.5, 0.6) is 0 Å². The van der Waals surface area contributed by atoms with Crippen molar-refractivity contribution in [2.75, 3.05) is 5.75 Å². The van der Waals surface area contributed by atoms with E-state index in [9.17, 15) is 19.7 Å². The number of para-hydroxylation sites is 1. The number of nitro groups is 1. The molecule has 0 saturated carbocycles. The van der Waals surface area contributed by atoms with E-state index in [1.165, 1.54) is 42.2 Å². The highest BCUT2D eigenvalue weighted by Crippen LogP contribution is 2.19. The van der Waals surface area contributed by atoms with E-state index < -0.39 is 16.7 Å². The number of nitrogens with zero attached hydrogens (tertiary/aromatic N) is 3. The van der Waals surface area contributed by atoms with Gasteiger partial charge in [0.1, 0.15) is 11.3 Å². The van der Waals surface area contributed by atoms with Gasteiger partial charge >= 0.3 is 0 Å². The Morgan fingerprint density at radius 3 is 2.64 bits per heavy atom. The molecule has 2 aromatic rings. The number of nitrogens with one attached hydrogen (secondary N) is 2. The maximum atomic E-state index is 12.2.